The molecule has 0 aromatic rings. The summed E-state index contributed by atoms with van der Waals surface area (Å²) in [5.74, 6) is 0.0930. The predicted molar refractivity (Wildman–Crippen MR) is 129 cm³/mol. The first-order chi connectivity index (χ1) is 15.2. The number of fused-ring (bicyclic) bond motifs is 7. The number of aliphatic hydroxyl groups is 2. The minimum absolute atomic E-state index is 0.00771. The van der Waals surface area contributed by atoms with Crippen molar-refractivity contribution in [2.75, 3.05) is 0 Å². The van der Waals surface area contributed by atoms with Gasteiger partial charge in [0.25, 0.3) is 0 Å². The number of aliphatic hydroxyl groups excluding tert-OH is 2. The van der Waals surface area contributed by atoms with Crippen LogP contribution in [0.4, 0.5) is 0 Å². The van der Waals surface area contributed by atoms with Gasteiger partial charge in [0.15, 0.2) is 0 Å². The van der Waals surface area contributed by atoms with Gasteiger partial charge in [-0.2, -0.15) is 0 Å². The Morgan fingerprint density at radius 3 is 2.24 bits per heavy atom. The highest BCUT2D eigenvalue weighted by Crippen LogP contribution is 2.74. The fraction of sp³-hybridized carbons (Fsp3) is 0.897. The quantitative estimate of drug-likeness (QED) is 0.433. The topological polar surface area (TPSA) is 77.8 Å². The maximum atomic E-state index is 12.8. The van der Waals surface area contributed by atoms with E-state index in [1.807, 2.05) is 0 Å². The Morgan fingerprint density at radius 2 is 1.58 bits per heavy atom. The molecule has 186 valence electrons. The minimum atomic E-state index is -0.688. The molecular weight excluding hydrogens is 412 g/mol. The van der Waals surface area contributed by atoms with Gasteiger partial charge >= 0.3 is 5.97 Å². The second kappa shape index (κ2) is 7.09. The number of rotatable bonds is 1. The molecule has 0 bridgehead atoms. The largest absolute Gasteiger partial charge is 0.481 e. The van der Waals surface area contributed by atoms with Crippen molar-refractivity contribution < 1.29 is 20.1 Å². The third-order valence-corrected chi connectivity index (χ3v) is 12.6. The molecule has 5 aliphatic carbocycles. The summed E-state index contributed by atoms with van der Waals surface area (Å²) in [6.07, 6.45) is 9.58. The summed E-state index contributed by atoms with van der Waals surface area (Å²) in [5.41, 5.74) is 0.720. The van der Waals surface area contributed by atoms with Crippen LogP contribution in [0.5, 0.6) is 0 Å². The van der Waals surface area contributed by atoms with Gasteiger partial charge in [-0.3, -0.25) is 4.79 Å². The Labute approximate surface area is 200 Å². The summed E-state index contributed by atoms with van der Waals surface area (Å²) in [5, 5.41) is 32.9. The van der Waals surface area contributed by atoms with Crippen molar-refractivity contribution in [2.24, 2.45) is 50.7 Å². The van der Waals surface area contributed by atoms with Crippen molar-refractivity contribution in [3.63, 3.8) is 0 Å². The van der Waals surface area contributed by atoms with Crippen LogP contribution in [0.3, 0.4) is 0 Å². The molecule has 5 rings (SSSR count). The first-order valence-electron chi connectivity index (χ1n) is 13.5. The van der Waals surface area contributed by atoms with Crippen molar-refractivity contribution in [3.05, 3.63) is 11.6 Å². The molecule has 0 spiro atoms. The Kier molecular flexibility index (Phi) is 5.13. The molecule has 0 aliphatic heterocycles. The normalized spacial score (nSPS) is 55.3. The lowest BCUT2D eigenvalue weighted by molar-refractivity contribution is -0.203. The molecule has 3 N–H and O–H groups in total. The van der Waals surface area contributed by atoms with Crippen LogP contribution in [-0.4, -0.2) is 33.5 Å². The maximum Gasteiger partial charge on any atom is 0.309 e. The second-order valence-corrected chi connectivity index (χ2v) is 14.3. The van der Waals surface area contributed by atoms with E-state index in [4.69, 9.17) is 0 Å². The van der Waals surface area contributed by atoms with Gasteiger partial charge in [-0.05, 0) is 103 Å². The number of aliphatic carboxylic acids is 1. The van der Waals surface area contributed by atoms with Crippen molar-refractivity contribution in [2.45, 2.75) is 112 Å². The average Bonchev–Trinajstić information content (AvgIpc) is 2.72. The zero-order valence-corrected chi connectivity index (χ0v) is 21.7. The zero-order chi connectivity index (χ0) is 24.2. The molecule has 4 heteroatoms. The van der Waals surface area contributed by atoms with Gasteiger partial charge in [-0.25, -0.2) is 0 Å². The van der Waals surface area contributed by atoms with Gasteiger partial charge in [0, 0.05) is 0 Å². The van der Waals surface area contributed by atoms with Crippen molar-refractivity contribution >= 4 is 5.97 Å². The molecule has 10 atom stereocenters. The Morgan fingerprint density at radius 1 is 0.909 bits per heavy atom. The molecule has 0 saturated heterocycles. The summed E-state index contributed by atoms with van der Waals surface area (Å²) in [6.45, 7) is 14.0. The van der Waals surface area contributed by atoms with Crippen molar-refractivity contribution in [3.8, 4) is 0 Å². The summed E-state index contributed by atoms with van der Waals surface area (Å²) in [7, 11) is 0. The molecule has 0 heterocycles. The number of hydrogen-bond donors (Lipinski definition) is 3. The van der Waals surface area contributed by atoms with Crippen LogP contribution in [0.2, 0.25) is 0 Å². The number of carboxylic acid groups (broad SMARTS) is 1. The van der Waals surface area contributed by atoms with E-state index < -0.39 is 17.5 Å². The molecular formula is C29H46O4. The van der Waals surface area contributed by atoms with E-state index in [0.29, 0.717) is 5.92 Å². The van der Waals surface area contributed by atoms with Crippen LogP contribution < -0.4 is 0 Å². The van der Waals surface area contributed by atoms with Gasteiger partial charge < -0.3 is 15.3 Å². The smallest absolute Gasteiger partial charge is 0.309 e. The molecule has 0 aromatic carbocycles. The zero-order valence-electron chi connectivity index (χ0n) is 21.7. The lowest BCUT2D eigenvalue weighted by Gasteiger charge is -2.70. The third kappa shape index (κ3) is 2.92. The van der Waals surface area contributed by atoms with Crippen LogP contribution >= 0.6 is 0 Å². The summed E-state index contributed by atoms with van der Waals surface area (Å²) < 4.78 is 0. The minimum Gasteiger partial charge on any atom is -0.481 e. The lowest BCUT2D eigenvalue weighted by Crippen LogP contribution is -2.66. The van der Waals surface area contributed by atoms with Crippen LogP contribution in [0.1, 0.15) is 99.3 Å². The SMILES string of the molecule is C[C@@H]1C(O)CC[C@]2(C)C3=C[C@@H](O)[C@@H]4[C@@H]5CC(C)(C)CC[C@]5(C(=O)O)CC[C@@]4(C)[C@]3(C)CC[C@@H]12. The Hall–Kier alpha value is -0.870. The molecule has 33 heavy (non-hydrogen) atoms. The molecule has 4 nitrogen and oxygen atoms in total. The maximum absolute atomic E-state index is 12.8. The van der Waals surface area contributed by atoms with Gasteiger partial charge in [-0.1, -0.05) is 53.2 Å². The molecule has 4 fully saturated rings. The molecule has 0 radical (unpaired) electrons. The van der Waals surface area contributed by atoms with Crippen LogP contribution in [-0.2, 0) is 4.79 Å². The Bertz CT molecular complexity index is 877. The monoisotopic (exact) mass is 458 g/mol. The lowest BCUT2D eigenvalue weighted by atomic mass is 9.34. The van der Waals surface area contributed by atoms with E-state index >= 15 is 0 Å². The standard InChI is InChI=1S/C29H46O4/c1-17-18-7-10-27(5)22(26(18,4)9-8-20(17)30)15-21(31)23-19-16-25(2,3)11-13-29(19,24(32)33)14-12-28(23,27)6/h15,17-21,23,30-31H,7-14,16H2,1-6H3,(H,32,33)/t17-,18-,19-,20?,21+,23-,26-,27+,28+,29-/m0/s1. The van der Waals surface area contributed by atoms with Crippen molar-refractivity contribution in [1.29, 1.82) is 0 Å². The van der Waals surface area contributed by atoms with Crippen molar-refractivity contribution in [1.82, 2.24) is 0 Å². The van der Waals surface area contributed by atoms with Crippen LogP contribution in [0.25, 0.3) is 0 Å². The van der Waals surface area contributed by atoms with Gasteiger partial charge in [-0.15, -0.1) is 0 Å². The van der Waals surface area contributed by atoms with Crippen LogP contribution in [0, 0.1) is 50.7 Å². The summed E-state index contributed by atoms with van der Waals surface area (Å²) in [6, 6.07) is 0. The number of allylic oxidation sites excluding steroid dienone is 1. The number of hydrogen-bond acceptors (Lipinski definition) is 3. The predicted octanol–water partition coefficient (Wildman–Crippen LogP) is 5.81. The molecule has 4 saturated carbocycles. The van der Waals surface area contributed by atoms with Gasteiger partial charge in [0.2, 0.25) is 0 Å². The van der Waals surface area contributed by atoms with E-state index in [2.05, 4.69) is 47.6 Å². The first-order valence-corrected chi connectivity index (χ1v) is 13.5. The van der Waals surface area contributed by atoms with Gasteiger partial charge in [0.05, 0.1) is 17.6 Å². The Balaban J connectivity index is 1.63. The highest BCUT2D eigenvalue weighted by atomic mass is 16.4. The third-order valence-electron chi connectivity index (χ3n) is 12.6. The summed E-state index contributed by atoms with van der Waals surface area (Å²) >= 11 is 0. The van der Waals surface area contributed by atoms with Gasteiger partial charge in [0.1, 0.15) is 0 Å². The average molecular weight is 459 g/mol. The van der Waals surface area contributed by atoms with E-state index in [9.17, 15) is 20.1 Å². The fourth-order valence-corrected chi connectivity index (χ4v) is 10.3. The highest BCUT2D eigenvalue weighted by molar-refractivity contribution is 5.75. The molecule has 1 unspecified atom stereocenters. The highest BCUT2D eigenvalue weighted by Gasteiger charge is 2.69. The molecule has 5 aliphatic rings. The fourth-order valence-electron chi connectivity index (χ4n) is 10.3. The van der Waals surface area contributed by atoms with E-state index in [1.165, 1.54) is 5.57 Å². The molecule has 0 amide bonds. The van der Waals surface area contributed by atoms with Crippen LogP contribution in [0.15, 0.2) is 11.6 Å². The second-order valence-electron chi connectivity index (χ2n) is 14.3. The first kappa shape index (κ1) is 23.9. The number of carboxylic acids is 1. The van der Waals surface area contributed by atoms with E-state index in [-0.39, 0.29) is 45.5 Å². The van der Waals surface area contributed by atoms with E-state index in [1.54, 1.807) is 0 Å². The van der Waals surface area contributed by atoms with E-state index in [0.717, 1.165) is 57.8 Å². The summed E-state index contributed by atoms with van der Waals surface area (Å²) in [4.78, 5) is 12.8. The number of carbonyl (C=O) groups is 1. The molecule has 0 aromatic heterocycles.